The van der Waals surface area contributed by atoms with Crippen molar-refractivity contribution in [3.63, 3.8) is 0 Å². The molecule has 2 atom stereocenters. The summed E-state index contributed by atoms with van der Waals surface area (Å²) >= 11 is 0. The van der Waals surface area contributed by atoms with Crippen molar-refractivity contribution in [2.75, 3.05) is 20.6 Å². The predicted molar refractivity (Wildman–Crippen MR) is 82.5 cm³/mol. The summed E-state index contributed by atoms with van der Waals surface area (Å²) in [4.78, 5) is 0. The van der Waals surface area contributed by atoms with Gasteiger partial charge in [0.15, 0.2) is 0 Å². The summed E-state index contributed by atoms with van der Waals surface area (Å²) in [6, 6.07) is 0. The number of tetrazole rings is 2. The zero-order chi connectivity index (χ0) is 16.5. The molecule has 2 aromatic heterocycles. The van der Waals surface area contributed by atoms with Gasteiger partial charge in [-0.1, -0.05) is 24.3 Å². The molecule has 122 valence electrons. The zero-order valence-corrected chi connectivity index (χ0v) is 13.5. The fourth-order valence-corrected chi connectivity index (χ4v) is 2.95. The molecule has 10 heteroatoms. The van der Waals surface area contributed by atoms with Crippen molar-refractivity contribution in [1.29, 1.82) is 0 Å². The van der Waals surface area contributed by atoms with Gasteiger partial charge in [-0.2, -0.15) is 9.90 Å². The summed E-state index contributed by atoms with van der Waals surface area (Å²) in [6.45, 7) is 2.96. The number of allylic oxidation sites excluding steroid dienone is 2. The number of hydrogen-bond donors (Lipinski definition) is 2. The normalized spacial score (nSPS) is 22.4. The number of aromatic amines is 1. The molecule has 0 amide bonds. The maximum atomic E-state index is 6.74. The van der Waals surface area contributed by atoms with Crippen LogP contribution < -0.4 is 5.73 Å². The molecule has 3 rings (SSSR count). The molecule has 0 radical (unpaired) electrons. The molecule has 23 heavy (non-hydrogen) atoms. The predicted octanol–water partition coefficient (Wildman–Crippen LogP) is -0.338. The van der Waals surface area contributed by atoms with Crippen LogP contribution in [0.3, 0.4) is 0 Å². The van der Waals surface area contributed by atoms with Crippen LogP contribution in [0.5, 0.6) is 0 Å². The number of aromatic nitrogens is 8. The average Bonchev–Trinajstić information content (AvgIpc) is 3.18. The first kappa shape index (κ1) is 15.4. The third kappa shape index (κ3) is 2.66. The summed E-state index contributed by atoms with van der Waals surface area (Å²) in [7, 11) is 4.21. The van der Waals surface area contributed by atoms with E-state index in [1.54, 1.807) is 4.68 Å². The number of quaternary nitrogens is 1. The van der Waals surface area contributed by atoms with E-state index in [9.17, 15) is 0 Å². The van der Waals surface area contributed by atoms with Crippen molar-refractivity contribution in [3.05, 3.63) is 24.3 Å². The van der Waals surface area contributed by atoms with Gasteiger partial charge in [-0.25, -0.2) is 0 Å². The Hall–Kier alpha value is -2.46. The highest BCUT2D eigenvalue weighted by Crippen LogP contribution is 2.35. The lowest BCUT2D eigenvalue weighted by atomic mass is 9.87. The van der Waals surface area contributed by atoms with Crippen LogP contribution in [0.25, 0.3) is 11.6 Å². The molecule has 0 spiro atoms. The van der Waals surface area contributed by atoms with Gasteiger partial charge < -0.3 is 10.2 Å². The number of hydrogen-bond acceptors (Lipinski definition) is 7. The van der Waals surface area contributed by atoms with Gasteiger partial charge in [0.25, 0.3) is 0 Å². The summed E-state index contributed by atoms with van der Waals surface area (Å²) < 4.78 is 2.31. The molecule has 2 heterocycles. The van der Waals surface area contributed by atoms with Crippen molar-refractivity contribution in [2.45, 2.75) is 25.0 Å². The van der Waals surface area contributed by atoms with Crippen molar-refractivity contribution in [2.24, 2.45) is 5.73 Å². The lowest BCUT2D eigenvalue weighted by Crippen LogP contribution is -2.60. The summed E-state index contributed by atoms with van der Waals surface area (Å²) in [5.74, 6) is 0.784. The molecule has 1 aliphatic rings. The van der Waals surface area contributed by atoms with Crippen LogP contribution in [0.1, 0.15) is 19.5 Å². The summed E-state index contributed by atoms with van der Waals surface area (Å²) in [5.41, 5.74) is 6.12. The molecule has 0 saturated carbocycles. The van der Waals surface area contributed by atoms with E-state index in [2.05, 4.69) is 63.2 Å². The maximum Gasteiger partial charge on any atom is 0.243 e. The highest BCUT2D eigenvalue weighted by atomic mass is 15.6. The zero-order valence-electron chi connectivity index (χ0n) is 13.5. The van der Waals surface area contributed by atoms with Gasteiger partial charge in [0.05, 0.1) is 20.6 Å². The van der Waals surface area contributed by atoms with Gasteiger partial charge in [0, 0.05) is 0 Å². The Balaban J connectivity index is 2.13. The Morgan fingerprint density at radius 1 is 1.39 bits per heavy atom. The standard InChI is InChI=1S/C13H21N10/c1-4-23(2,3)12(13(14)8-6-5-7-9-13)22-11(17-20-21-22)10-15-18-19-16-10/h5-8,12H,4,9,14H2,1-3H3,(H,15,16,18,19)/q+1. The second kappa shape index (κ2) is 5.63. The third-order valence-corrected chi connectivity index (χ3v) is 4.35. The molecule has 2 aromatic rings. The molecule has 10 nitrogen and oxygen atoms in total. The molecular weight excluding hydrogens is 296 g/mol. The second-order valence-corrected chi connectivity index (χ2v) is 6.25. The molecule has 2 unspecified atom stereocenters. The van der Waals surface area contributed by atoms with E-state index in [0.717, 1.165) is 6.54 Å². The van der Waals surface area contributed by atoms with Gasteiger partial charge in [0.1, 0.15) is 5.54 Å². The van der Waals surface area contributed by atoms with Gasteiger partial charge >= 0.3 is 0 Å². The first-order chi connectivity index (χ1) is 11.0. The third-order valence-electron chi connectivity index (χ3n) is 4.35. The summed E-state index contributed by atoms with van der Waals surface area (Å²) in [6.07, 6.45) is 8.49. The van der Waals surface area contributed by atoms with Crippen molar-refractivity contribution >= 4 is 0 Å². The first-order valence-corrected chi connectivity index (χ1v) is 7.45. The Labute approximate surface area is 133 Å². The number of nitrogens with zero attached hydrogens (tertiary/aromatic N) is 8. The summed E-state index contributed by atoms with van der Waals surface area (Å²) in [5, 5.41) is 26.0. The Bertz CT molecular complexity index is 713. The molecular formula is C13H21N10+. The molecule has 0 saturated heterocycles. The van der Waals surface area contributed by atoms with Crippen LogP contribution in [0, 0.1) is 0 Å². The smallest absolute Gasteiger partial charge is 0.243 e. The van der Waals surface area contributed by atoms with E-state index in [-0.39, 0.29) is 6.17 Å². The van der Waals surface area contributed by atoms with Crippen molar-refractivity contribution < 1.29 is 4.48 Å². The fourth-order valence-electron chi connectivity index (χ4n) is 2.95. The molecule has 0 aromatic carbocycles. The largest absolute Gasteiger partial charge is 0.315 e. The van der Waals surface area contributed by atoms with Crippen LogP contribution in [0.15, 0.2) is 24.3 Å². The average molecular weight is 317 g/mol. The first-order valence-electron chi connectivity index (χ1n) is 7.45. The van der Waals surface area contributed by atoms with Crippen LogP contribution in [0.2, 0.25) is 0 Å². The Morgan fingerprint density at radius 3 is 2.83 bits per heavy atom. The molecule has 1 aliphatic carbocycles. The molecule has 3 N–H and O–H groups in total. The van der Waals surface area contributed by atoms with E-state index in [0.29, 0.717) is 22.6 Å². The Kier molecular flexibility index (Phi) is 3.78. The quantitative estimate of drug-likeness (QED) is 0.723. The fraction of sp³-hybridized carbons (Fsp3) is 0.538. The van der Waals surface area contributed by atoms with Gasteiger partial charge in [-0.15, -0.1) is 15.3 Å². The van der Waals surface area contributed by atoms with Crippen LogP contribution >= 0.6 is 0 Å². The van der Waals surface area contributed by atoms with E-state index in [1.807, 2.05) is 18.2 Å². The number of nitrogens with two attached hydrogens (primary N) is 1. The van der Waals surface area contributed by atoms with Crippen molar-refractivity contribution in [1.82, 2.24) is 40.8 Å². The molecule has 0 fully saturated rings. The Morgan fingerprint density at radius 2 is 2.22 bits per heavy atom. The van der Waals surface area contributed by atoms with Gasteiger partial charge in [-0.05, 0) is 29.0 Å². The maximum absolute atomic E-state index is 6.74. The highest BCUT2D eigenvalue weighted by molar-refractivity contribution is 5.40. The van der Waals surface area contributed by atoms with Gasteiger partial charge in [-0.3, -0.25) is 0 Å². The van der Waals surface area contributed by atoms with E-state index in [4.69, 9.17) is 5.73 Å². The lowest BCUT2D eigenvalue weighted by Gasteiger charge is -2.45. The van der Waals surface area contributed by atoms with E-state index < -0.39 is 5.54 Å². The van der Waals surface area contributed by atoms with Crippen LogP contribution in [-0.2, 0) is 0 Å². The number of nitrogens with one attached hydrogen (secondary N) is 1. The van der Waals surface area contributed by atoms with Crippen LogP contribution in [-0.4, -0.2) is 71.5 Å². The minimum atomic E-state index is -0.623. The highest BCUT2D eigenvalue weighted by Gasteiger charge is 2.47. The monoisotopic (exact) mass is 317 g/mol. The van der Waals surface area contributed by atoms with E-state index in [1.165, 1.54) is 0 Å². The second-order valence-electron chi connectivity index (χ2n) is 6.25. The number of rotatable bonds is 5. The minimum Gasteiger partial charge on any atom is -0.315 e. The lowest BCUT2D eigenvalue weighted by molar-refractivity contribution is -0.933. The minimum absolute atomic E-state index is 0.225. The number of likely N-dealkylation sites (N-methyl/N-ethyl adjacent to an activating group) is 1. The van der Waals surface area contributed by atoms with E-state index >= 15 is 0 Å². The molecule has 0 bridgehead atoms. The topological polar surface area (TPSA) is 124 Å². The number of H-pyrrole nitrogens is 1. The van der Waals surface area contributed by atoms with Gasteiger partial charge in [0.2, 0.25) is 17.8 Å². The SMILES string of the molecule is CC[N+](C)(C)C(n1nnnc1-c1nn[nH]n1)C1(N)C=CC=CC1. The van der Waals surface area contributed by atoms with Crippen molar-refractivity contribution in [3.8, 4) is 11.6 Å². The van der Waals surface area contributed by atoms with Crippen LogP contribution in [0.4, 0.5) is 0 Å². The molecule has 0 aliphatic heterocycles.